The number of benzene rings is 1. The fourth-order valence-corrected chi connectivity index (χ4v) is 4.77. The number of nitrogens with two attached hydrogens (primary N) is 1. The summed E-state index contributed by atoms with van der Waals surface area (Å²) in [5.74, 6) is -0.581. The smallest absolute Gasteiger partial charge is 0.336 e. The number of ketones is 1. The summed E-state index contributed by atoms with van der Waals surface area (Å²) in [7, 11) is 1.62. The predicted octanol–water partition coefficient (Wildman–Crippen LogP) is 3.34. The molecular weight excluding hydrogens is 408 g/mol. The highest BCUT2D eigenvalue weighted by molar-refractivity contribution is 6.12. The molecule has 2 N–H and O–H groups in total. The molecule has 1 saturated carbocycles. The first-order valence-electron chi connectivity index (χ1n) is 11.1. The molecule has 1 aliphatic heterocycles. The summed E-state index contributed by atoms with van der Waals surface area (Å²) >= 11 is 0. The minimum Gasteiger partial charge on any atom is -0.496 e. The zero-order chi connectivity index (χ0) is 23.5. The third kappa shape index (κ3) is 4.94. The van der Waals surface area contributed by atoms with Gasteiger partial charge in [-0.25, -0.2) is 4.79 Å². The molecule has 2 atom stereocenters. The van der Waals surface area contributed by atoms with Crippen molar-refractivity contribution in [3.63, 3.8) is 0 Å². The third-order valence-electron chi connectivity index (χ3n) is 6.03. The lowest BCUT2D eigenvalue weighted by atomic mass is 9.63. The standard InChI is InChI=1S/C25H34N2O5/c1-6-32-24(29)23-18(14-31-10-9-26)27-17-12-25(3,4)13-19(28)22(17)21(23)16-7-8-20(30-5)15(2)11-16/h7-8,11,21-22H,6,9-10,12-14,26H2,1-5H3. The number of ether oxygens (including phenoxy) is 3. The van der Waals surface area contributed by atoms with E-state index in [1.54, 1.807) is 14.0 Å². The van der Waals surface area contributed by atoms with E-state index in [0.29, 0.717) is 37.3 Å². The van der Waals surface area contributed by atoms with Gasteiger partial charge in [-0.15, -0.1) is 0 Å². The maximum atomic E-state index is 13.4. The summed E-state index contributed by atoms with van der Waals surface area (Å²) in [5, 5.41) is 0. The van der Waals surface area contributed by atoms with E-state index in [9.17, 15) is 9.59 Å². The molecule has 2 unspecified atom stereocenters. The van der Waals surface area contributed by atoms with Crippen molar-refractivity contribution in [1.29, 1.82) is 0 Å². The van der Waals surface area contributed by atoms with Gasteiger partial charge in [0.1, 0.15) is 11.5 Å². The Morgan fingerprint density at radius 2 is 2.00 bits per heavy atom. The molecule has 3 rings (SSSR count). The zero-order valence-corrected chi connectivity index (χ0v) is 19.7. The SMILES string of the molecule is CCOC(=O)C1=C(COCCN)N=C2CC(C)(C)CC(=O)C2C1c1ccc(OC)c(C)c1. The second-order valence-electron chi connectivity index (χ2n) is 9.19. The van der Waals surface area contributed by atoms with Crippen LogP contribution in [-0.4, -0.2) is 50.9 Å². The Morgan fingerprint density at radius 1 is 1.25 bits per heavy atom. The van der Waals surface area contributed by atoms with E-state index in [1.807, 2.05) is 25.1 Å². The highest BCUT2D eigenvalue weighted by Crippen LogP contribution is 2.47. The van der Waals surface area contributed by atoms with Gasteiger partial charge in [0, 0.05) is 24.6 Å². The minimum absolute atomic E-state index is 0.0993. The highest BCUT2D eigenvalue weighted by Gasteiger charge is 2.48. The molecule has 7 nitrogen and oxygen atoms in total. The number of fused-ring (bicyclic) bond motifs is 1. The fourth-order valence-electron chi connectivity index (χ4n) is 4.77. The molecule has 32 heavy (non-hydrogen) atoms. The lowest BCUT2D eigenvalue weighted by molar-refractivity contribution is -0.139. The van der Waals surface area contributed by atoms with Crippen LogP contribution in [0.5, 0.6) is 5.75 Å². The summed E-state index contributed by atoms with van der Waals surface area (Å²) < 4.78 is 16.5. The van der Waals surface area contributed by atoms with Gasteiger partial charge in [0.2, 0.25) is 0 Å². The van der Waals surface area contributed by atoms with Crippen molar-refractivity contribution >= 4 is 17.5 Å². The van der Waals surface area contributed by atoms with Gasteiger partial charge in [-0.05, 0) is 42.9 Å². The number of carbonyl (C=O) groups excluding carboxylic acids is 2. The zero-order valence-electron chi connectivity index (χ0n) is 19.7. The average molecular weight is 443 g/mol. The van der Waals surface area contributed by atoms with Crippen LogP contribution in [0.1, 0.15) is 50.7 Å². The first-order valence-corrected chi connectivity index (χ1v) is 11.1. The van der Waals surface area contributed by atoms with Gasteiger partial charge in [0.25, 0.3) is 0 Å². The van der Waals surface area contributed by atoms with Gasteiger partial charge < -0.3 is 19.9 Å². The van der Waals surface area contributed by atoms with Crippen molar-refractivity contribution in [2.24, 2.45) is 22.1 Å². The number of aliphatic imine (C=N–C) groups is 1. The predicted molar refractivity (Wildman–Crippen MR) is 123 cm³/mol. The topological polar surface area (TPSA) is 100 Å². The molecule has 2 aliphatic rings. The first kappa shape index (κ1) is 24.1. The number of rotatable bonds is 8. The van der Waals surface area contributed by atoms with Crippen molar-refractivity contribution in [3.05, 3.63) is 40.6 Å². The Hall–Kier alpha value is -2.51. The monoisotopic (exact) mass is 442 g/mol. The lowest BCUT2D eigenvalue weighted by Gasteiger charge is -2.41. The van der Waals surface area contributed by atoms with Gasteiger partial charge in [-0.3, -0.25) is 9.79 Å². The van der Waals surface area contributed by atoms with Crippen molar-refractivity contribution < 1.29 is 23.8 Å². The number of nitrogens with zero attached hydrogens (tertiary/aromatic N) is 1. The molecule has 0 aromatic heterocycles. The van der Waals surface area contributed by atoms with Crippen LogP contribution in [0.2, 0.25) is 0 Å². The van der Waals surface area contributed by atoms with Crippen LogP contribution in [-0.2, 0) is 19.1 Å². The number of esters is 1. The molecule has 1 aliphatic carbocycles. The van der Waals surface area contributed by atoms with E-state index >= 15 is 0 Å². The Kier molecular flexibility index (Phi) is 7.51. The number of hydrogen-bond acceptors (Lipinski definition) is 7. The minimum atomic E-state index is -0.492. The van der Waals surface area contributed by atoms with Gasteiger partial charge in [0.05, 0.1) is 44.1 Å². The number of hydrogen-bond donors (Lipinski definition) is 1. The number of aryl methyl sites for hydroxylation is 1. The molecule has 0 radical (unpaired) electrons. The molecule has 174 valence electrons. The van der Waals surface area contributed by atoms with Crippen molar-refractivity contribution in [2.75, 3.05) is 33.5 Å². The second-order valence-corrected chi connectivity index (χ2v) is 9.19. The van der Waals surface area contributed by atoms with Crippen molar-refractivity contribution in [2.45, 2.75) is 46.5 Å². The van der Waals surface area contributed by atoms with Crippen LogP contribution in [0, 0.1) is 18.3 Å². The van der Waals surface area contributed by atoms with Gasteiger partial charge in [-0.1, -0.05) is 26.0 Å². The molecule has 0 bridgehead atoms. The lowest BCUT2D eigenvalue weighted by Crippen LogP contribution is -2.44. The number of methoxy groups -OCH3 is 1. The van der Waals surface area contributed by atoms with E-state index < -0.39 is 17.8 Å². The average Bonchev–Trinajstić information content (AvgIpc) is 2.72. The van der Waals surface area contributed by atoms with E-state index in [4.69, 9.17) is 24.9 Å². The quantitative estimate of drug-likeness (QED) is 0.490. The van der Waals surface area contributed by atoms with E-state index in [0.717, 1.165) is 22.6 Å². The van der Waals surface area contributed by atoms with E-state index in [2.05, 4.69) is 13.8 Å². The van der Waals surface area contributed by atoms with E-state index in [-0.39, 0.29) is 24.4 Å². The molecule has 1 aromatic carbocycles. The normalized spacial score (nSPS) is 22.3. The van der Waals surface area contributed by atoms with Crippen LogP contribution in [0.4, 0.5) is 0 Å². The number of Topliss-reactive ketones (excluding diaryl/α,β-unsaturated/α-hetero) is 1. The molecule has 1 heterocycles. The Balaban J connectivity index is 2.20. The van der Waals surface area contributed by atoms with Gasteiger partial charge in [-0.2, -0.15) is 0 Å². The molecular formula is C25H34N2O5. The number of carbonyl (C=O) groups is 2. The molecule has 0 amide bonds. The fraction of sp³-hybridized carbons (Fsp3) is 0.560. The first-order chi connectivity index (χ1) is 15.2. The molecule has 0 saturated heterocycles. The van der Waals surface area contributed by atoms with Gasteiger partial charge >= 0.3 is 5.97 Å². The largest absolute Gasteiger partial charge is 0.496 e. The Labute approximate surface area is 190 Å². The molecule has 1 fully saturated rings. The van der Waals surface area contributed by atoms with Gasteiger partial charge in [0.15, 0.2) is 0 Å². The highest BCUT2D eigenvalue weighted by atomic mass is 16.5. The Bertz CT molecular complexity index is 948. The Morgan fingerprint density at radius 3 is 2.62 bits per heavy atom. The maximum absolute atomic E-state index is 13.4. The summed E-state index contributed by atoms with van der Waals surface area (Å²) in [6.07, 6.45) is 1.13. The summed E-state index contributed by atoms with van der Waals surface area (Å²) in [6.45, 7) is 8.96. The third-order valence-corrected chi connectivity index (χ3v) is 6.03. The van der Waals surface area contributed by atoms with Crippen molar-refractivity contribution in [1.82, 2.24) is 0 Å². The molecule has 1 aromatic rings. The van der Waals surface area contributed by atoms with Crippen LogP contribution < -0.4 is 10.5 Å². The second kappa shape index (κ2) is 9.96. The summed E-state index contributed by atoms with van der Waals surface area (Å²) in [4.78, 5) is 31.4. The van der Waals surface area contributed by atoms with Crippen LogP contribution in [0.15, 0.2) is 34.5 Å². The van der Waals surface area contributed by atoms with Crippen LogP contribution >= 0.6 is 0 Å². The molecule has 0 spiro atoms. The summed E-state index contributed by atoms with van der Waals surface area (Å²) in [5.41, 5.74) is 8.93. The van der Waals surface area contributed by atoms with E-state index in [1.165, 1.54) is 0 Å². The molecule has 7 heteroatoms. The van der Waals surface area contributed by atoms with Crippen LogP contribution in [0.25, 0.3) is 0 Å². The maximum Gasteiger partial charge on any atom is 0.336 e. The van der Waals surface area contributed by atoms with Crippen LogP contribution in [0.3, 0.4) is 0 Å². The summed E-state index contributed by atoms with van der Waals surface area (Å²) in [6, 6.07) is 5.78. The van der Waals surface area contributed by atoms with Crippen molar-refractivity contribution in [3.8, 4) is 5.75 Å².